The zero-order valence-corrected chi connectivity index (χ0v) is 14.4. The normalized spacial score (nSPS) is 15.2. The van der Waals surface area contributed by atoms with Crippen LogP contribution in [0, 0.1) is 0 Å². The Bertz CT molecular complexity index is 756. The first kappa shape index (κ1) is 16.6. The summed E-state index contributed by atoms with van der Waals surface area (Å²) in [6.07, 6.45) is 4.45. The van der Waals surface area contributed by atoms with Crippen molar-refractivity contribution in [2.24, 2.45) is 7.05 Å². The minimum atomic E-state index is -0.0356. The summed E-state index contributed by atoms with van der Waals surface area (Å²) in [6.45, 7) is 2.38. The van der Waals surface area contributed by atoms with Crippen molar-refractivity contribution >= 4 is 23.4 Å². The van der Waals surface area contributed by atoms with Crippen molar-refractivity contribution in [3.8, 4) is 0 Å². The second-order valence-corrected chi connectivity index (χ2v) is 6.45. The highest BCUT2D eigenvalue weighted by Gasteiger charge is 2.23. The molecule has 2 amide bonds. The van der Waals surface area contributed by atoms with Crippen LogP contribution in [0.5, 0.6) is 0 Å². The summed E-state index contributed by atoms with van der Waals surface area (Å²) < 4.78 is 1.86. The number of nitrogens with zero attached hydrogens (tertiary/aromatic N) is 3. The van der Waals surface area contributed by atoms with E-state index in [9.17, 15) is 9.59 Å². The van der Waals surface area contributed by atoms with Crippen LogP contribution in [0.15, 0.2) is 42.7 Å². The lowest BCUT2D eigenvalue weighted by molar-refractivity contribution is 0.0719. The molecule has 0 saturated carbocycles. The van der Waals surface area contributed by atoms with E-state index in [1.165, 1.54) is 0 Å². The number of benzene rings is 1. The van der Waals surface area contributed by atoms with Gasteiger partial charge in [0.25, 0.3) is 11.8 Å². The van der Waals surface area contributed by atoms with Crippen LogP contribution in [0.4, 0.5) is 0 Å². The third-order valence-corrected chi connectivity index (χ3v) is 4.46. The summed E-state index contributed by atoms with van der Waals surface area (Å²) in [6, 6.07) is 8.80. The lowest BCUT2D eigenvalue weighted by Crippen LogP contribution is -2.37. The van der Waals surface area contributed by atoms with Gasteiger partial charge in [-0.1, -0.05) is 17.7 Å². The van der Waals surface area contributed by atoms with Gasteiger partial charge >= 0.3 is 0 Å². The van der Waals surface area contributed by atoms with Crippen molar-refractivity contribution in [1.82, 2.24) is 14.4 Å². The fourth-order valence-electron chi connectivity index (χ4n) is 2.94. The van der Waals surface area contributed by atoms with Gasteiger partial charge in [-0.05, 0) is 30.7 Å². The molecule has 0 aliphatic carbocycles. The summed E-state index contributed by atoms with van der Waals surface area (Å²) in [5, 5.41) is 0.552. The summed E-state index contributed by atoms with van der Waals surface area (Å²) in [5.74, 6) is -0.0147. The van der Waals surface area contributed by atoms with Crippen molar-refractivity contribution in [3.63, 3.8) is 0 Å². The van der Waals surface area contributed by atoms with E-state index in [1.54, 1.807) is 29.2 Å². The van der Waals surface area contributed by atoms with Crippen LogP contribution < -0.4 is 0 Å². The first-order valence-corrected chi connectivity index (χ1v) is 8.38. The minimum Gasteiger partial charge on any atom is -0.356 e. The van der Waals surface area contributed by atoms with Gasteiger partial charge in [0.1, 0.15) is 0 Å². The average Bonchev–Trinajstić information content (AvgIpc) is 2.86. The highest BCUT2D eigenvalue weighted by atomic mass is 35.5. The molecule has 6 heteroatoms. The zero-order chi connectivity index (χ0) is 17.1. The topological polar surface area (TPSA) is 45.6 Å². The summed E-state index contributed by atoms with van der Waals surface area (Å²) in [7, 11) is 1.89. The van der Waals surface area contributed by atoms with Crippen molar-refractivity contribution in [2.75, 3.05) is 26.2 Å². The largest absolute Gasteiger partial charge is 0.356 e. The third kappa shape index (κ3) is 3.62. The first-order valence-electron chi connectivity index (χ1n) is 8.01. The molecule has 126 valence electrons. The van der Waals surface area contributed by atoms with E-state index in [0.29, 0.717) is 42.3 Å². The molecule has 1 aromatic carbocycles. The minimum absolute atomic E-state index is 0.0210. The predicted molar refractivity (Wildman–Crippen MR) is 93.3 cm³/mol. The van der Waals surface area contributed by atoms with Gasteiger partial charge in [-0.15, -0.1) is 0 Å². The molecule has 1 aromatic heterocycles. The van der Waals surface area contributed by atoms with Crippen molar-refractivity contribution in [1.29, 1.82) is 0 Å². The Morgan fingerprint density at radius 3 is 2.21 bits per heavy atom. The average molecular weight is 346 g/mol. The molecule has 1 fully saturated rings. The predicted octanol–water partition coefficient (Wildman–Crippen LogP) is 2.67. The molecule has 0 atom stereocenters. The van der Waals surface area contributed by atoms with Crippen molar-refractivity contribution in [3.05, 3.63) is 58.9 Å². The highest BCUT2D eigenvalue weighted by Crippen LogP contribution is 2.15. The third-order valence-electron chi connectivity index (χ3n) is 4.22. The lowest BCUT2D eigenvalue weighted by atomic mass is 10.2. The molecule has 1 aliphatic rings. The maximum absolute atomic E-state index is 12.6. The van der Waals surface area contributed by atoms with Crippen LogP contribution in [0.2, 0.25) is 5.02 Å². The zero-order valence-electron chi connectivity index (χ0n) is 13.6. The van der Waals surface area contributed by atoms with Crippen LogP contribution in [0.3, 0.4) is 0 Å². The van der Waals surface area contributed by atoms with E-state index in [2.05, 4.69) is 0 Å². The Morgan fingerprint density at radius 1 is 0.958 bits per heavy atom. The highest BCUT2D eigenvalue weighted by molar-refractivity contribution is 6.30. The Hall–Kier alpha value is -2.27. The maximum atomic E-state index is 12.6. The summed E-state index contributed by atoms with van der Waals surface area (Å²) in [5.41, 5.74) is 1.28. The Kier molecular flexibility index (Phi) is 4.90. The van der Waals surface area contributed by atoms with Gasteiger partial charge in [0, 0.05) is 56.2 Å². The molecule has 2 aromatic rings. The van der Waals surface area contributed by atoms with Gasteiger partial charge in [-0.3, -0.25) is 9.59 Å². The number of halogens is 1. The fraction of sp³-hybridized carbons (Fsp3) is 0.333. The SMILES string of the molecule is Cn1ccc(C(=O)N2CCCN(C(=O)c3cccc(Cl)c3)CC2)c1. The first-order chi connectivity index (χ1) is 11.5. The number of aryl methyl sites for hydroxylation is 1. The molecule has 0 unspecified atom stereocenters. The molecule has 0 bridgehead atoms. The van der Waals surface area contributed by atoms with Crippen molar-refractivity contribution < 1.29 is 9.59 Å². The number of rotatable bonds is 2. The molecule has 5 nitrogen and oxygen atoms in total. The van der Waals surface area contributed by atoms with Crippen LogP contribution >= 0.6 is 11.6 Å². The second-order valence-electron chi connectivity index (χ2n) is 6.01. The number of aromatic nitrogens is 1. The number of hydrogen-bond acceptors (Lipinski definition) is 2. The van der Waals surface area contributed by atoms with E-state index >= 15 is 0 Å². The summed E-state index contributed by atoms with van der Waals surface area (Å²) >= 11 is 5.97. The molecule has 0 N–H and O–H groups in total. The molecule has 0 spiro atoms. The molecule has 2 heterocycles. The van der Waals surface area contributed by atoms with E-state index in [4.69, 9.17) is 11.6 Å². The number of hydrogen-bond donors (Lipinski definition) is 0. The molecule has 1 saturated heterocycles. The van der Waals surface area contributed by atoms with Gasteiger partial charge in [-0.2, -0.15) is 0 Å². The van der Waals surface area contributed by atoms with E-state index < -0.39 is 0 Å². The smallest absolute Gasteiger partial charge is 0.255 e. The van der Waals surface area contributed by atoms with Gasteiger partial charge in [0.2, 0.25) is 0 Å². The molecule has 1 aliphatic heterocycles. The van der Waals surface area contributed by atoms with Crippen LogP contribution in [0.25, 0.3) is 0 Å². The van der Waals surface area contributed by atoms with Crippen LogP contribution in [-0.2, 0) is 7.05 Å². The Balaban J connectivity index is 1.66. The number of carbonyl (C=O) groups excluding carboxylic acids is 2. The van der Waals surface area contributed by atoms with Gasteiger partial charge in [-0.25, -0.2) is 0 Å². The van der Waals surface area contributed by atoms with E-state index in [1.807, 2.05) is 35.0 Å². The molecular formula is C18H20ClN3O2. The number of carbonyl (C=O) groups is 2. The quantitative estimate of drug-likeness (QED) is 0.840. The fourth-order valence-corrected chi connectivity index (χ4v) is 3.13. The Morgan fingerprint density at radius 2 is 1.62 bits per heavy atom. The molecule has 3 rings (SSSR count). The molecular weight excluding hydrogens is 326 g/mol. The van der Waals surface area contributed by atoms with Gasteiger partial charge < -0.3 is 14.4 Å². The molecule has 24 heavy (non-hydrogen) atoms. The Labute approximate surface area is 146 Å². The van der Waals surface area contributed by atoms with Crippen molar-refractivity contribution in [2.45, 2.75) is 6.42 Å². The maximum Gasteiger partial charge on any atom is 0.255 e. The van der Waals surface area contributed by atoms with Gasteiger partial charge in [0.15, 0.2) is 0 Å². The van der Waals surface area contributed by atoms with Crippen LogP contribution in [-0.4, -0.2) is 52.4 Å². The number of amides is 2. The van der Waals surface area contributed by atoms with Gasteiger partial charge in [0.05, 0.1) is 5.56 Å². The second kappa shape index (κ2) is 7.09. The van der Waals surface area contributed by atoms with E-state index in [-0.39, 0.29) is 11.8 Å². The van der Waals surface area contributed by atoms with Crippen LogP contribution in [0.1, 0.15) is 27.1 Å². The molecule has 0 radical (unpaired) electrons. The standard InChI is InChI=1S/C18H20ClN3O2/c1-20-9-6-15(13-20)18(24)22-8-3-7-21(10-11-22)17(23)14-4-2-5-16(19)12-14/h2,4-6,9,12-13H,3,7-8,10-11H2,1H3. The lowest BCUT2D eigenvalue weighted by Gasteiger charge is -2.22. The summed E-state index contributed by atoms with van der Waals surface area (Å²) in [4.78, 5) is 28.8. The van der Waals surface area contributed by atoms with E-state index in [0.717, 1.165) is 6.42 Å². The monoisotopic (exact) mass is 345 g/mol.